The lowest BCUT2D eigenvalue weighted by molar-refractivity contribution is -0.138. The molecule has 26 heavy (non-hydrogen) atoms. The SMILES string of the molecule is CC(C)Oc1ccc(Cl)cc1C(=O)N1CCCC(N(C)CC(=O)O)CC1. The predicted octanol–water partition coefficient (Wildman–Crippen LogP) is 3.14. The third-order valence-corrected chi connectivity index (χ3v) is 4.76. The zero-order valence-electron chi connectivity index (χ0n) is 15.6. The Labute approximate surface area is 159 Å². The fraction of sp³-hybridized carbons (Fsp3) is 0.579. The van der Waals surface area contributed by atoms with Crippen molar-refractivity contribution in [1.29, 1.82) is 0 Å². The van der Waals surface area contributed by atoms with Gasteiger partial charge in [-0.25, -0.2) is 0 Å². The van der Waals surface area contributed by atoms with Gasteiger partial charge in [0.05, 0.1) is 18.2 Å². The number of hydrogen-bond acceptors (Lipinski definition) is 4. The lowest BCUT2D eigenvalue weighted by atomic mass is 10.1. The number of rotatable bonds is 6. The molecule has 144 valence electrons. The van der Waals surface area contributed by atoms with Crippen LogP contribution in [0.25, 0.3) is 0 Å². The molecular formula is C19H27ClN2O4. The fourth-order valence-electron chi connectivity index (χ4n) is 3.26. The van der Waals surface area contributed by atoms with Crippen LogP contribution in [0.2, 0.25) is 5.02 Å². The fourth-order valence-corrected chi connectivity index (χ4v) is 3.43. The first-order valence-corrected chi connectivity index (χ1v) is 9.33. The Hall–Kier alpha value is -1.79. The molecule has 1 unspecified atom stereocenters. The van der Waals surface area contributed by atoms with E-state index in [1.807, 2.05) is 30.7 Å². The Bertz CT molecular complexity index is 650. The number of amides is 1. The summed E-state index contributed by atoms with van der Waals surface area (Å²) >= 11 is 6.09. The molecule has 2 rings (SSSR count). The highest BCUT2D eigenvalue weighted by molar-refractivity contribution is 6.31. The average molecular weight is 383 g/mol. The van der Waals surface area contributed by atoms with Gasteiger partial charge in [-0.2, -0.15) is 0 Å². The summed E-state index contributed by atoms with van der Waals surface area (Å²) in [5.41, 5.74) is 0.476. The van der Waals surface area contributed by atoms with Crippen LogP contribution in [0.5, 0.6) is 5.75 Å². The molecule has 0 radical (unpaired) electrons. The van der Waals surface area contributed by atoms with Gasteiger partial charge in [0.25, 0.3) is 5.91 Å². The molecule has 0 spiro atoms. The Morgan fingerprint density at radius 2 is 2.08 bits per heavy atom. The van der Waals surface area contributed by atoms with E-state index in [-0.39, 0.29) is 24.6 Å². The number of carbonyl (C=O) groups is 2. The second-order valence-electron chi connectivity index (χ2n) is 6.99. The van der Waals surface area contributed by atoms with Crippen molar-refractivity contribution in [2.24, 2.45) is 0 Å². The summed E-state index contributed by atoms with van der Waals surface area (Å²) in [6.07, 6.45) is 2.41. The number of hydrogen-bond donors (Lipinski definition) is 1. The largest absolute Gasteiger partial charge is 0.490 e. The maximum atomic E-state index is 13.0. The topological polar surface area (TPSA) is 70.1 Å². The minimum Gasteiger partial charge on any atom is -0.490 e. The van der Waals surface area contributed by atoms with E-state index in [1.54, 1.807) is 18.2 Å². The number of carbonyl (C=O) groups excluding carboxylic acids is 1. The summed E-state index contributed by atoms with van der Waals surface area (Å²) in [4.78, 5) is 27.6. The van der Waals surface area contributed by atoms with Gasteiger partial charge in [0.1, 0.15) is 5.75 Å². The summed E-state index contributed by atoms with van der Waals surface area (Å²) in [5, 5.41) is 9.47. The zero-order chi connectivity index (χ0) is 19.3. The van der Waals surface area contributed by atoms with Crippen LogP contribution < -0.4 is 4.74 Å². The molecule has 1 heterocycles. The quantitative estimate of drug-likeness (QED) is 0.818. The molecule has 1 aromatic carbocycles. The summed E-state index contributed by atoms with van der Waals surface area (Å²) < 4.78 is 5.77. The summed E-state index contributed by atoms with van der Waals surface area (Å²) in [7, 11) is 1.82. The van der Waals surface area contributed by atoms with E-state index in [0.717, 1.165) is 19.3 Å². The van der Waals surface area contributed by atoms with Crippen molar-refractivity contribution in [1.82, 2.24) is 9.80 Å². The molecule has 0 aliphatic carbocycles. The lowest BCUT2D eigenvalue weighted by Crippen LogP contribution is -2.37. The Balaban J connectivity index is 2.11. The highest BCUT2D eigenvalue weighted by Crippen LogP contribution is 2.27. The summed E-state index contributed by atoms with van der Waals surface area (Å²) in [5.74, 6) is -0.387. The number of nitrogens with zero attached hydrogens (tertiary/aromatic N) is 2. The van der Waals surface area contributed by atoms with E-state index in [9.17, 15) is 9.59 Å². The summed E-state index contributed by atoms with van der Waals surface area (Å²) in [6, 6.07) is 5.27. The van der Waals surface area contributed by atoms with Crippen molar-refractivity contribution in [2.75, 3.05) is 26.7 Å². The van der Waals surface area contributed by atoms with Crippen molar-refractivity contribution in [3.8, 4) is 5.75 Å². The monoisotopic (exact) mass is 382 g/mol. The standard InChI is InChI=1S/C19H27ClN2O4/c1-13(2)26-17-7-6-14(20)11-16(17)19(25)22-9-4-5-15(8-10-22)21(3)12-18(23)24/h6-7,11,13,15H,4-5,8-10,12H2,1-3H3,(H,23,24). The first kappa shape index (κ1) is 20.5. The van der Waals surface area contributed by atoms with Gasteiger partial charge in [0.15, 0.2) is 0 Å². The third-order valence-electron chi connectivity index (χ3n) is 4.53. The normalized spacial score (nSPS) is 18.1. The molecule has 1 N–H and O–H groups in total. The van der Waals surface area contributed by atoms with Crippen molar-refractivity contribution >= 4 is 23.5 Å². The number of carboxylic acids is 1. The van der Waals surface area contributed by atoms with Gasteiger partial charge < -0.3 is 14.7 Å². The summed E-state index contributed by atoms with van der Waals surface area (Å²) in [6.45, 7) is 5.07. The van der Waals surface area contributed by atoms with Gasteiger partial charge >= 0.3 is 5.97 Å². The predicted molar refractivity (Wildman–Crippen MR) is 101 cm³/mol. The Morgan fingerprint density at radius 3 is 2.73 bits per heavy atom. The molecule has 1 amide bonds. The first-order chi connectivity index (χ1) is 12.3. The van der Waals surface area contributed by atoms with Crippen LogP contribution in [-0.4, -0.2) is 65.6 Å². The lowest BCUT2D eigenvalue weighted by Gasteiger charge is -2.26. The molecule has 1 aromatic rings. The van der Waals surface area contributed by atoms with Crippen molar-refractivity contribution in [3.63, 3.8) is 0 Å². The number of carboxylic acid groups (broad SMARTS) is 1. The van der Waals surface area contributed by atoms with Gasteiger partial charge in [-0.15, -0.1) is 0 Å². The maximum Gasteiger partial charge on any atom is 0.317 e. The number of aliphatic carboxylic acids is 1. The van der Waals surface area contributed by atoms with Crippen molar-refractivity contribution in [2.45, 2.75) is 45.3 Å². The van der Waals surface area contributed by atoms with Crippen molar-refractivity contribution < 1.29 is 19.4 Å². The van der Waals surface area contributed by atoms with Crippen LogP contribution in [0.1, 0.15) is 43.5 Å². The number of benzene rings is 1. The maximum absolute atomic E-state index is 13.0. The van der Waals surface area contributed by atoms with Crippen LogP contribution in [0.15, 0.2) is 18.2 Å². The molecule has 1 atom stereocenters. The minimum absolute atomic E-state index is 0.0132. The van der Waals surface area contributed by atoms with E-state index >= 15 is 0 Å². The smallest absolute Gasteiger partial charge is 0.317 e. The van der Waals surface area contributed by atoms with Crippen LogP contribution >= 0.6 is 11.6 Å². The number of likely N-dealkylation sites (tertiary alicyclic amines) is 1. The van der Waals surface area contributed by atoms with Gasteiger partial charge in [-0.1, -0.05) is 11.6 Å². The van der Waals surface area contributed by atoms with E-state index in [4.69, 9.17) is 21.4 Å². The molecule has 0 bridgehead atoms. The molecule has 6 nitrogen and oxygen atoms in total. The van der Waals surface area contributed by atoms with Gasteiger partial charge in [0, 0.05) is 24.2 Å². The average Bonchev–Trinajstić information content (AvgIpc) is 2.81. The van der Waals surface area contributed by atoms with Crippen LogP contribution in [-0.2, 0) is 4.79 Å². The van der Waals surface area contributed by atoms with Crippen LogP contribution in [0, 0.1) is 0 Å². The van der Waals surface area contributed by atoms with Crippen LogP contribution in [0.3, 0.4) is 0 Å². The first-order valence-electron chi connectivity index (χ1n) is 8.95. The highest BCUT2D eigenvalue weighted by Gasteiger charge is 2.26. The zero-order valence-corrected chi connectivity index (χ0v) is 16.3. The third kappa shape index (κ3) is 5.61. The Kier molecular flexibility index (Phi) is 7.29. The van der Waals surface area contributed by atoms with Crippen LogP contribution in [0.4, 0.5) is 0 Å². The molecule has 1 aliphatic heterocycles. The molecule has 0 aromatic heterocycles. The van der Waals surface area contributed by atoms with E-state index in [2.05, 4.69) is 0 Å². The van der Waals surface area contributed by atoms with E-state index < -0.39 is 5.97 Å². The molecule has 7 heteroatoms. The molecule has 1 saturated heterocycles. The molecular weight excluding hydrogens is 356 g/mol. The molecule has 1 fully saturated rings. The number of halogens is 1. The van der Waals surface area contributed by atoms with Gasteiger partial charge in [-0.3, -0.25) is 14.5 Å². The minimum atomic E-state index is -0.834. The van der Waals surface area contributed by atoms with Crippen molar-refractivity contribution in [3.05, 3.63) is 28.8 Å². The van der Waals surface area contributed by atoms with Gasteiger partial charge in [0.2, 0.25) is 0 Å². The highest BCUT2D eigenvalue weighted by atomic mass is 35.5. The van der Waals surface area contributed by atoms with E-state index in [0.29, 0.717) is 29.4 Å². The second kappa shape index (κ2) is 9.24. The number of ether oxygens (including phenoxy) is 1. The molecule has 1 aliphatic rings. The Morgan fingerprint density at radius 1 is 1.35 bits per heavy atom. The van der Waals surface area contributed by atoms with E-state index in [1.165, 1.54) is 0 Å². The second-order valence-corrected chi connectivity index (χ2v) is 7.43. The van der Waals surface area contributed by atoms with Gasteiger partial charge in [-0.05, 0) is 58.4 Å². The number of likely N-dealkylation sites (N-methyl/N-ethyl adjacent to an activating group) is 1. The molecule has 0 saturated carbocycles.